The molecule has 0 radical (unpaired) electrons. The maximum atomic E-state index is 13.3. The van der Waals surface area contributed by atoms with Crippen molar-refractivity contribution in [3.8, 4) is 5.75 Å². The lowest BCUT2D eigenvalue weighted by atomic mass is 10.1. The summed E-state index contributed by atoms with van der Waals surface area (Å²) in [5.41, 5.74) is 4.50. The number of hydrogen-bond acceptors (Lipinski definition) is 4. The van der Waals surface area contributed by atoms with Crippen LogP contribution in [0.4, 0.5) is 11.4 Å². The van der Waals surface area contributed by atoms with Crippen LogP contribution in [0.1, 0.15) is 34.0 Å². The third-order valence-corrected chi connectivity index (χ3v) is 7.62. The normalized spacial score (nSPS) is 15.4. The predicted molar refractivity (Wildman–Crippen MR) is 126 cm³/mol. The molecule has 1 aliphatic heterocycles. The fourth-order valence-electron chi connectivity index (χ4n) is 4.05. The summed E-state index contributed by atoms with van der Waals surface area (Å²) in [4.78, 5) is 13.2. The third kappa shape index (κ3) is 3.96. The van der Waals surface area contributed by atoms with Crippen molar-refractivity contribution >= 4 is 27.3 Å². The van der Waals surface area contributed by atoms with Crippen LogP contribution in [-0.2, 0) is 16.4 Å². The number of benzene rings is 3. The van der Waals surface area contributed by atoms with Gasteiger partial charge in [-0.15, -0.1) is 0 Å². The smallest absolute Gasteiger partial charge is 0.264 e. The monoisotopic (exact) mass is 450 g/mol. The molecule has 6 nitrogen and oxygen atoms in total. The molecule has 7 heteroatoms. The number of amides is 1. The average Bonchev–Trinajstić information content (AvgIpc) is 3.09. The Balaban J connectivity index is 1.64. The van der Waals surface area contributed by atoms with Crippen LogP contribution < -0.4 is 14.4 Å². The molecule has 0 unspecified atom stereocenters. The highest BCUT2D eigenvalue weighted by Crippen LogP contribution is 2.37. The maximum absolute atomic E-state index is 13.3. The second kappa shape index (κ2) is 8.31. The lowest BCUT2D eigenvalue weighted by Crippen LogP contribution is -2.35. The molecule has 166 valence electrons. The first-order valence-electron chi connectivity index (χ1n) is 10.4. The Labute approximate surface area is 188 Å². The number of fused-ring (bicyclic) bond motifs is 1. The van der Waals surface area contributed by atoms with Crippen LogP contribution in [0, 0.1) is 13.8 Å². The molecule has 0 fully saturated rings. The van der Waals surface area contributed by atoms with Gasteiger partial charge in [-0.25, -0.2) is 8.42 Å². The van der Waals surface area contributed by atoms with E-state index < -0.39 is 10.0 Å². The van der Waals surface area contributed by atoms with Gasteiger partial charge in [-0.05, 0) is 80.8 Å². The molecule has 1 heterocycles. The van der Waals surface area contributed by atoms with Gasteiger partial charge in [0.05, 0.1) is 23.4 Å². The average molecular weight is 451 g/mol. The lowest BCUT2D eigenvalue weighted by molar-refractivity contribution is 0.102. The molecule has 32 heavy (non-hydrogen) atoms. The van der Waals surface area contributed by atoms with Crippen LogP contribution in [0.2, 0.25) is 0 Å². The highest BCUT2D eigenvalue weighted by atomic mass is 32.2. The quantitative estimate of drug-likeness (QED) is 0.611. The zero-order valence-electron chi connectivity index (χ0n) is 18.5. The van der Waals surface area contributed by atoms with Crippen molar-refractivity contribution in [2.24, 2.45) is 0 Å². The van der Waals surface area contributed by atoms with Crippen LogP contribution in [-0.4, -0.2) is 27.5 Å². The first kappa shape index (κ1) is 21.9. The minimum absolute atomic E-state index is 0.244. The summed E-state index contributed by atoms with van der Waals surface area (Å²) in [5, 5.41) is 2.90. The second-order valence-electron chi connectivity index (χ2n) is 8.17. The maximum Gasteiger partial charge on any atom is 0.264 e. The molecule has 1 atom stereocenters. The third-order valence-electron chi connectivity index (χ3n) is 5.68. The van der Waals surface area contributed by atoms with Crippen molar-refractivity contribution in [3.05, 3.63) is 82.9 Å². The van der Waals surface area contributed by atoms with Gasteiger partial charge < -0.3 is 10.1 Å². The number of aryl methyl sites for hydroxylation is 2. The van der Waals surface area contributed by atoms with Crippen LogP contribution >= 0.6 is 0 Å². The number of rotatable bonds is 5. The Kier molecular flexibility index (Phi) is 5.69. The Bertz CT molecular complexity index is 1280. The molecule has 1 N–H and O–H groups in total. The number of anilines is 2. The van der Waals surface area contributed by atoms with Gasteiger partial charge in [0.15, 0.2) is 0 Å². The summed E-state index contributed by atoms with van der Waals surface area (Å²) in [6.07, 6.45) is 0.537. The number of carbonyl (C=O) groups excluding carboxylic acids is 1. The molecule has 1 aliphatic rings. The molecule has 0 aromatic heterocycles. The van der Waals surface area contributed by atoms with E-state index in [0.29, 0.717) is 29.1 Å². The number of hydrogen-bond donors (Lipinski definition) is 1. The Morgan fingerprint density at radius 2 is 1.69 bits per heavy atom. The molecule has 4 rings (SSSR count). The van der Waals surface area contributed by atoms with E-state index >= 15 is 0 Å². The van der Waals surface area contributed by atoms with Crippen molar-refractivity contribution in [1.29, 1.82) is 0 Å². The lowest BCUT2D eigenvalue weighted by Gasteiger charge is -2.24. The second-order valence-corrected chi connectivity index (χ2v) is 9.98. The summed E-state index contributed by atoms with van der Waals surface area (Å²) in [5.74, 6) is 0.304. The summed E-state index contributed by atoms with van der Waals surface area (Å²) in [6, 6.07) is 17.3. The number of nitrogens with zero attached hydrogens (tertiary/aromatic N) is 1. The topological polar surface area (TPSA) is 75.7 Å². The summed E-state index contributed by atoms with van der Waals surface area (Å²) in [7, 11) is -2.14. The molecule has 1 amide bonds. The molecule has 0 saturated carbocycles. The predicted octanol–water partition coefficient (Wildman–Crippen LogP) is 4.70. The van der Waals surface area contributed by atoms with Gasteiger partial charge in [0, 0.05) is 11.6 Å². The SMILES string of the molecule is COc1ccc(C)cc1NC(=O)c1ccc2c(c1)C[C@H](C)N2S(=O)(=O)c1ccc(C)cc1. The number of sulfonamides is 1. The molecule has 0 aliphatic carbocycles. The molecule has 0 saturated heterocycles. The zero-order chi connectivity index (χ0) is 23.0. The van der Waals surface area contributed by atoms with E-state index in [0.717, 1.165) is 16.7 Å². The van der Waals surface area contributed by atoms with Crippen molar-refractivity contribution in [3.63, 3.8) is 0 Å². The molecule has 0 spiro atoms. The minimum Gasteiger partial charge on any atom is -0.495 e. The van der Waals surface area contributed by atoms with Gasteiger partial charge in [-0.3, -0.25) is 9.10 Å². The van der Waals surface area contributed by atoms with Gasteiger partial charge >= 0.3 is 0 Å². The van der Waals surface area contributed by atoms with Crippen molar-refractivity contribution in [1.82, 2.24) is 0 Å². The van der Waals surface area contributed by atoms with E-state index in [1.54, 1.807) is 49.6 Å². The van der Waals surface area contributed by atoms with E-state index in [4.69, 9.17) is 4.74 Å². The standard InChI is InChI=1S/C25H26N2O4S/c1-16-5-9-21(10-6-16)32(29,30)27-18(3)14-20-15-19(8-11-23(20)27)25(28)26-22-13-17(2)7-12-24(22)31-4/h5-13,15,18H,14H2,1-4H3,(H,26,28)/t18-/m0/s1. The van der Waals surface area contributed by atoms with Crippen molar-refractivity contribution in [2.45, 2.75) is 38.1 Å². The number of ether oxygens (including phenoxy) is 1. The van der Waals surface area contributed by atoms with Crippen LogP contribution in [0.5, 0.6) is 5.75 Å². The molecular formula is C25H26N2O4S. The Hall–Kier alpha value is -3.32. The molecule has 0 bridgehead atoms. The number of methoxy groups -OCH3 is 1. The van der Waals surface area contributed by atoms with Crippen molar-refractivity contribution < 1.29 is 17.9 Å². The zero-order valence-corrected chi connectivity index (χ0v) is 19.4. The van der Waals surface area contributed by atoms with Crippen LogP contribution in [0.25, 0.3) is 0 Å². The Morgan fingerprint density at radius 1 is 1.00 bits per heavy atom. The number of nitrogens with one attached hydrogen (secondary N) is 1. The van der Waals surface area contributed by atoms with Crippen molar-refractivity contribution in [2.75, 3.05) is 16.7 Å². The highest BCUT2D eigenvalue weighted by molar-refractivity contribution is 7.92. The minimum atomic E-state index is -3.70. The van der Waals surface area contributed by atoms with E-state index in [1.807, 2.05) is 39.0 Å². The molecule has 3 aromatic rings. The highest BCUT2D eigenvalue weighted by Gasteiger charge is 2.36. The number of carbonyl (C=O) groups is 1. The van der Waals surface area contributed by atoms with Gasteiger partial charge in [-0.2, -0.15) is 0 Å². The van der Waals surface area contributed by atoms with E-state index in [2.05, 4.69) is 5.32 Å². The Morgan fingerprint density at radius 3 is 2.38 bits per heavy atom. The first-order valence-corrected chi connectivity index (χ1v) is 11.8. The summed E-state index contributed by atoms with van der Waals surface area (Å²) < 4.78 is 33.4. The molecular weight excluding hydrogens is 424 g/mol. The van der Waals surface area contributed by atoms with Gasteiger partial charge in [0.1, 0.15) is 5.75 Å². The van der Waals surface area contributed by atoms with E-state index in [9.17, 15) is 13.2 Å². The van der Waals surface area contributed by atoms with Crippen LogP contribution in [0.3, 0.4) is 0 Å². The van der Waals surface area contributed by atoms with E-state index in [1.165, 1.54) is 4.31 Å². The van der Waals surface area contributed by atoms with Crippen LogP contribution in [0.15, 0.2) is 65.6 Å². The molecule has 3 aromatic carbocycles. The summed E-state index contributed by atoms with van der Waals surface area (Å²) >= 11 is 0. The largest absolute Gasteiger partial charge is 0.495 e. The van der Waals surface area contributed by atoms with Gasteiger partial charge in [-0.1, -0.05) is 23.8 Å². The van der Waals surface area contributed by atoms with Gasteiger partial charge in [0.2, 0.25) is 0 Å². The van der Waals surface area contributed by atoms with Gasteiger partial charge in [0.25, 0.3) is 15.9 Å². The fraction of sp³-hybridized carbons (Fsp3) is 0.240. The first-order chi connectivity index (χ1) is 15.2. The van der Waals surface area contributed by atoms with E-state index in [-0.39, 0.29) is 16.8 Å². The fourth-order valence-corrected chi connectivity index (χ4v) is 5.74. The summed E-state index contributed by atoms with van der Waals surface area (Å²) in [6.45, 7) is 5.74.